The van der Waals surface area contributed by atoms with Crippen LogP contribution in [0.3, 0.4) is 0 Å². The zero-order valence-corrected chi connectivity index (χ0v) is 16.4. The molecule has 152 valence electrons. The first-order chi connectivity index (χ1) is 13.7. The third kappa shape index (κ3) is 5.16. The van der Waals surface area contributed by atoms with E-state index in [1.54, 1.807) is 25.4 Å². The fraction of sp³-hybridized carbons (Fsp3) is 0.250. The van der Waals surface area contributed by atoms with Gasteiger partial charge in [0.25, 0.3) is 12.4 Å². The largest absolute Gasteiger partial charge is 0.483 e. The number of rotatable bonds is 3. The summed E-state index contributed by atoms with van der Waals surface area (Å²) in [6.45, 7) is 3.51. The van der Waals surface area contributed by atoms with E-state index in [2.05, 4.69) is 15.3 Å². The summed E-state index contributed by atoms with van der Waals surface area (Å²) in [5.41, 5.74) is 7.82. The molecule has 0 fully saturated rings. The number of hydrogen-bond donors (Lipinski definition) is 3. The molecule has 0 aliphatic carbocycles. The number of aryl methyl sites for hydroxylation is 1. The van der Waals surface area contributed by atoms with Crippen molar-refractivity contribution in [3.8, 4) is 0 Å². The zero-order chi connectivity index (χ0) is 21.6. The minimum atomic E-state index is -0.768. The summed E-state index contributed by atoms with van der Waals surface area (Å²) in [6.07, 6.45) is 1.81. The van der Waals surface area contributed by atoms with Gasteiger partial charge < -0.3 is 16.2 Å². The lowest BCUT2D eigenvalue weighted by Crippen LogP contribution is -2.47. The van der Waals surface area contributed by atoms with Crippen molar-refractivity contribution in [1.29, 1.82) is 0 Å². The Kier molecular flexibility index (Phi) is 6.66. The molecule has 2 heterocycles. The molecule has 4 N–H and O–H groups in total. The number of nitrogens with one attached hydrogen (secondary N) is 1. The summed E-state index contributed by atoms with van der Waals surface area (Å²) >= 11 is 0. The van der Waals surface area contributed by atoms with E-state index in [0.717, 1.165) is 11.1 Å². The Morgan fingerprint density at radius 3 is 2.66 bits per heavy atom. The van der Waals surface area contributed by atoms with E-state index in [4.69, 9.17) is 15.6 Å². The average Bonchev–Trinajstić information content (AvgIpc) is 2.67. The average molecular weight is 397 g/mol. The fourth-order valence-electron chi connectivity index (χ4n) is 2.86. The van der Waals surface area contributed by atoms with Crippen molar-refractivity contribution < 1.29 is 19.5 Å². The first-order valence-corrected chi connectivity index (χ1v) is 8.74. The molecule has 1 aromatic heterocycles. The summed E-state index contributed by atoms with van der Waals surface area (Å²) in [4.78, 5) is 42.8. The highest BCUT2D eigenvalue weighted by molar-refractivity contribution is 6.03. The van der Waals surface area contributed by atoms with Crippen LogP contribution >= 0.6 is 0 Å². The van der Waals surface area contributed by atoms with Crippen molar-refractivity contribution >= 4 is 29.9 Å². The second-order valence-electron chi connectivity index (χ2n) is 6.73. The molecule has 2 amide bonds. The van der Waals surface area contributed by atoms with Crippen molar-refractivity contribution in [3.63, 3.8) is 0 Å². The summed E-state index contributed by atoms with van der Waals surface area (Å²) in [5, 5.41) is 9.73. The maximum Gasteiger partial charge on any atom is 0.290 e. The van der Waals surface area contributed by atoms with E-state index in [-0.39, 0.29) is 30.7 Å². The van der Waals surface area contributed by atoms with Crippen molar-refractivity contribution in [1.82, 2.24) is 9.88 Å². The molecule has 0 unspecified atom stereocenters. The number of guanidine groups is 1. The van der Waals surface area contributed by atoms with Crippen LogP contribution in [-0.2, 0) is 15.1 Å². The minimum absolute atomic E-state index is 0.0987. The molecular formula is C20H23N5O4. The van der Waals surface area contributed by atoms with Gasteiger partial charge in [-0.15, -0.1) is 0 Å². The predicted octanol–water partition coefficient (Wildman–Crippen LogP) is 1.74. The first-order valence-electron chi connectivity index (χ1n) is 8.74. The van der Waals surface area contributed by atoms with E-state index < -0.39 is 5.54 Å². The van der Waals surface area contributed by atoms with Gasteiger partial charge >= 0.3 is 0 Å². The van der Waals surface area contributed by atoms with Gasteiger partial charge in [-0.25, -0.2) is 4.99 Å². The van der Waals surface area contributed by atoms with Gasteiger partial charge in [0.2, 0.25) is 5.91 Å². The van der Waals surface area contributed by atoms with Gasteiger partial charge in [-0.1, -0.05) is 12.1 Å². The summed E-state index contributed by atoms with van der Waals surface area (Å²) < 4.78 is 0. The molecular weight excluding hydrogens is 374 g/mol. The molecule has 1 aromatic carbocycles. The molecule has 0 saturated carbocycles. The molecule has 1 aliphatic rings. The van der Waals surface area contributed by atoms with Gasteiger partial charge in [-0.3, -0.25) is 24.3 Å². The Morgan fingerprint density at radius 1 is 1.34 bits per heavy atom. The molecule has 0 radical (unpaired) electrons. The molecule has 29 heavy (non-hydrogen) atoms. The molecule has 9 heteroatoms. The number of carboxylic acid groups (broad SMARTS) is 1. The van der Waals surface area contributed by atoms with Crippen LogP contribution in [0.5, 0.6) is 0 Å². The molecule has 0 spiro atoms. The van der Waals surface area contributed by atoms with Crippen molar-refractivity contribution in [2.24, 2.45) is 10.7 Å². The number of anilines is 1. The highest BCUT2D eigenvalue weighted by Gasteiger charge is 2.36. The molecule has 1 aliphatic heterocycles. The zero-order valence-electron chi connectivity index (χ0n) is 16.4. The van der Waals surface area contributed by atoms with E-state index in [1.807, 2.05) is 38.1 Å². The summed E-state index contributed by atoms with van der Waals surface area (Å²) in [6, 6.07) is 10.8. The van der Waals surface area contributed by atoms with Crippen LogP contribution in [0.25, 0.3) is 0 Å². The van der Waals surface area contributed by atoms with Crippen molar-refractivity contribution in [2.75, 3.05) is 12.4 Å². The van der Waals surface area contributed by atoms with E-state index in [1.165, 1.54) is 4.90 Å². The quantitative estimate of drug-likeness (QED) is 0.675. The Balaban J connectivity index is 0.000000941. The lowest BCUT2D eigenvalue weighted by molar-refractivity contribution is -0.128. The monoisotopic (exact) mass is 397 g/mol. The number of nitrogens with two attached hydrogens (primary N) is 1. The van der Waals surface area contributed by atoms with E-state index in [0.29, 0.717) is 11.4 Å². The number of pyridine rings is 1. The van der Waals surface area contributed by atoms with Crippen LogP contribution in [0.15, 0.2) is 47.6 Å². The standard InChI is InChI=1S/C19H21N5O2.CH2O2/c1-12-7-8-21-15(9-12)17(26)22-14-6-4-5-13(10-14)19(2)11-16(25)24(3)18(20)23-19;2-1-3/h4-10H,11H2,1-3H3,(H2,20,23)(H,22,26);1H,(H,2,3)/t19-;/m0./s1. The molecule has 0 bridgehead atoms. The molecule has 3 rings (SSSR count). The van der Waals surface area contributed by atoms with Crippen LogP contribution in [-0.4, -0.2) is 46.3 Å². The highest BCUT2D eigenvalue weighted by Crippen LogP contribution is 2.34. The van der Waals surface area contributed by atoms with Crippen molar-refractivity contribution in [2.45, 2.75) is 25.8 Å². The van der Waals surface area contributed by atoms with Crippen LogP contribution in [0.1, 0.15) is 35.0 Å². The number of aliphatic imine (C=N–C) groups is 1. The number of amides is 2. The third-order valence-electron chi connectivity index (χ3n) is 4.46. The summed E-state index contributed by atoms with van der Waals surface area (Å²) in [7, 11) is 1.60. The number of hydrogen-bond acceptors (Lipinski definition) is 6. The number of carbonyl (C=O) groups excluding carboxylic acids is 2. The SMILES string of the molecule is Cc1ccnc(C(=O)Nc2cccc([C@]3(C)CC(=O)N(C)C(N)=N3)c2)c1.O=CO. The topological polar surface area (TPSA) is 138 Å². The van der Waals surface area contributed by atoms with Gasteiger partial charge in [0.05, 0.1) is 12.0 Å². The van der Waals surface area contributed by atoms with Gasteiger partial charge in [-0.2, -0.15) is 0 Å². The van der Waals surface area contributed by atoms with E-state index >= 15 is 0 Å². The number of aromatic nitrogens is 1. The normalized spacial score (nSPS) is 18.2. The van der Waals surface area contributed by atoms with Crippen LogP contribution in [0.2, 0.25) is 0 Å². The Morgan fingerprint density at radius 2 is 2.03 bits per heavy atom. The minimum Gasteiger partial charge on any atom is -0.483 e. The van der Waals surface area contributed by atoms with Gasteiger partial charge in [0, 0.05) is 18.9 Å². The number of benzene rings is 1. The lowest BCUT2D eigenvalue weighted by atomic mass is 9.87. The van der Waals surface area contributed by atoms with Crippen LogP contribution in [0.4, 0.5) is 5.69 Å². The van der Waals surface area contributed by atoms with Crippen molar-refractivity contribution in [3.05, 3.63) is 59.4 Å². The number of nitrogens with zero attached hydrogens (tertiary/aromatic N) is 3. The first kappa shape index (κ1) is 21.5. The molecule has 2 aromatic rings. The highest BCUT2D eigenvalue weighted by atomic mass is 16.3. The fourth-order valence-corrected chi connectivity index (χ4v) is 2.86. The maximum absolute atomic E-state index is 12.4. The van der Waals surface area contributed by atoms with Gasteiger partial charge in [0.1, 0.15) is 5.69 Å². The smallest absolute Gasteiger partial charge is 0.290 e. The van der Waals surface area contributed by atoms with Crippen LogP contribution in [0, 0.1) is 6.92 Å². The van der Waals surface area contributed by atoms with Crippen LogP contribution < -0.4 is 11.1 Å². The molecule has 9 nitrogen and oxygen atoms in total. The maximum atomic E-state index is 12.4. The third-order valence-corrected chi connectivity index (χ3v) is 4.46. The summed E-state index contributed by atoms with van der Waals surface area (Å²) in [5.74, 6) is -0.209. The Labute approximate surface area is 168 Å². The second-order valence-corrected chi connectivity index (χ2v) is 6.73. The molecule has 0 saturated heterocycles. The van der Waals surface area contributed by atoms with Gasteiger partial charge in [-0.05, 0) is 49.2 Å². The second kappa shape index (κ2) is 8.96. The molecule has 1 atom stereocenters. The van der Waals surface area contributed by atoms with Gasteiger partial charge in [0.15, 0.2) is 5.96 Å². The number of carbonyl (C=O) groups is 3. The predicted molar refractivity (Wildman–Crippen MR) is 108 cm³/mol. The Hall–Kier alpha value is -3.75. The van der Waals surface area contributed by atoms with E-state index in [9.17, 15) is 9.59 Å². The Bertz CT molecular complexity index is 959. The lowest BCUT2D eigenvalue weighted by Gasteiger charge is -2.33.